The second kappa shape index (κ2) is 7.11. The molecule has 1 amide bonds. The van der Waals surface area contributed by atoms with Crippen LogP contribution in [0.1, 0.15) is 0 Å². The summed E-state index contributed by atoms with van der Waals surface area (Å²) in [6.45, 7) is -0.334. The monoisotopic (exact) mass is 391 g/mol. The van der Waals surface area contributed by atoms with Crippen molar-refractivity contribution < 1.29 is 13.9 Å². The van der Waals surface area contributed by atoms with Crippen LogP contribution in [0.25, 0.3) is 0 Å². The Balaban J connectivity index is 1.99. The molecule has 7 heteroatoms. The standard InChI is InChI=1S/C14H9BrCl2FNO2/c15-8-4-5-12(11(18)6-8)19-13(20)7-21-14-9(16)2-1-3-10(14)17/h1-6H,7H2,(H,19,20). The first kappa shape index (κ1) is 16.1. The van der Waals surface area contributed by atoms with E-state index < -0.39 is 11.7 Å². The van der Waals surface area contributed by atoms with Crippen molar-refractivity contribution in [2.24, 2.45) is 0 Å². The summed E-state index contributed by atoms with van der Waals surface area (Å²) in [6, 6.07) is 9.16. The molecule has 2 rings (SSSR count). The van der Waals surface area contributed by atoms with Gasteiger partial charge in [0, 0.05) is 4.47 Å². The van der Waals surface area contributed by atoms with Crippen LogP contribution in [0.2, 0.25) is 10.0 Å². The third-order valence-electron chi connectivity index (χ3n) is 2.47. The second-order valence-corrected chi connectivity index (χ2v) is 5.74. The minimum Gasteiger partial charge on any atom is -0.481 e. The fraction of sp³-hybridized carbons (Fsp3) is 0.0714. The number of carbonyl (C=O) groups is 1. The van der Waals surface area contributed by atoms with Crippen LogP contribution in [0.3, 0.4) is 0 Å². The molecule has 0 spiro atoms. The average molecular weight is 393 g/mol. The molecule has 0 fully saturated rings. The third-order valence-corrected chi connectivity index (χ3v) is 3.56. The Bertz CT molecular complexity index is 662. The van der Waals surface area contributed by atoms with E-state index in [-0.39, 0.29) is 18.0 Å². The fourth-order valence-electron chi connectivity index (χ4n) is 1.54. The molecule has 21 heavy (non-hydrogen) atoms. The van der Waals surface area contributed by atoms with Crippen molar-refractivity contribution >= 4 is 50.7 Å². The van der Waals surface area contributed by atoms with Crippen LogP contribution < -0.4 is 10.1 Å². The Hall–Kier alpha value is -1.30. The van der Waals surface area contributed by atoms with Gasteiger partial charge < -0.3 is 10.1 Å². The van der Waals surface area contributed by atoms with Crippen molar-refractivity contribution in [1.82, 2.24) is 0 Å². The predicted molar refractivity (Wildman–Crippen MR) is 84.7 cm³/mol. The van der Waals surface area contributed by atoms with E-state index in [4.69, 9.17) is 27.9 Å². The predicted octanol–water partition coefficient (Wildman–Crippen LogP) is 4.91. The van der Waals surface area contributed by atoms with Crippen LogP contribution in [-0.4, -0.2) is 12.5 Å². The highest BCUT2D eigenvalue weighted by Gasteiger charge is 2.11. The number of carbonyl (C=O) groups excluding carboxylic acids is 1. The summed E-state index contributed by atoms with van der Waals surface area (Å²) in [5.41, 5.74) is 0.0667. The summed E-state index contributed by atoms with van der Waals surface area (Å²) >= 11 is 15.0. The lowest BCUT2D eigenvalue weighted by molar-refractivity contribution is -0.118. The lowest BCUT2D eigenvalue weighted by Gasteiger charge is -2.10. The van der Waals surface area contributed by atoms with Crippen molar-refractivity contribution in [3.63, 3.8) is 0 Å². The topological polar surface area (TPSA) is 38.3 Å². The Kier molecular flexibility index (Phi) is 5.45. The number of hydrogen-bond acceptors (Lipinski definition) is 2. The zero-order valence-corrected chi connectivity index (χ0v) is 13.6. The highest BCUT2D eigenvalue weighted by atomic mass is 79.9. The van der Waals surface area contributed by atoms with E-state index in [0.29, 0.717) is 14.5 Å². The van der Waals surface area contributed by atoms with Gasteiger partial charge in [0.25, 0.3) is 5.91 Å². The van der Waals surface area contributed by atoms with Crippen LogP contribution in [0, 0.1) is 5.82 Å². The Morgan fingerprint density at radius 2 is 1.90 bits per heavy atom. The van der Waals surface area contributed by atoms with Gasteiger partial charge in [-0.1, -0.05) is 45.2 Å². The van der Waals surface area contributed by atoms with Crippen LogP contribution in [0.5, 0.6) is 5.75 Å². The maximum atomic E-state index is 13.6. The van der Waals surface area contributed by atoms with Crippen molar-refractivity contribution in [3.05, 3.63) is 56.7 Å². The molecule has 1 N–H and O–H groups in total. The molecule has 2 aromatic rings. The number of rotatable bonds is 4. The number of halogens is 4. The molecule has 0 aliphatic rings. The summed E-state index contributed by atoms with van der Waals surface area (Å²) in [4.78, 5) is 11.7. The Morgan fingerprint density at radius 3 is 2.52 bits per heavy atom. The molecule has 0 unspecified atom stereocenters. The molecule has 0 saturated heterocycles. The first-order valence-corrected chi connectivity index (χ1v) is 7.34. The molecule has 2 aromatic carbocycles. The third kappa shape index (κ3) is 4.33. The van der Waals surface area contributed by atoms with Gasteiger partial charge in [0.1, 0.15) is 5.82 Å². The minimum absolute atomic E-state index is 0.0667. The molecule has 0 atom stereocenters. The second-order valence-electron chi connectivity index (χ2n) is 4.01. The number of anilines is 1. The molecular formula is C14H9BrCl2FNO2. The van der Waals surface area contributed by atoms with Crippen molar-refractivity contribution in [1.29, 1.82) is 0 Å². The van der Waals surface area contributed by atoms with E-state index in [9.17, 15) is 9.18 Å². The van der Waals surface area contributed by atoms with E-state index >= 15 is 0 Å². The van der Waals surface area contributed by atoms with Gasteiger partial charge in [-0.3, -0.25) is 4.79 Å². The van der Waals surface area contributed by atoms with Gasteiger partial charge in [-0.25, -0.2) is 4.39 Å². The molecule has 0 saturated carbocycles. The number of hydrogen-bond donors (Lipinski definition) is 1. The van der Waals surface area contributed by atoms with Crippen LogP contribution in [-0.2, 0) is 4.79 Å². The number of nitrogens with one attached hydrogen (secondary N) is 1. The van der Waals surface area contributed by atoms with Crippen LogP contribution in [0.15, 0.2) is 40.9 Å². The van der Waals surface area contributed by atoms with E-state index in [1.54, 1.807) is 24.3 Å². The SMILES string of the molecule is O=C(COc1c(Cl)cccc1Cl)Nc1ccc(Br)cc1F. The summed E-state index contributed by atoms with van der Waals surface area (Å²) in [5.74, 6) is -0.854. The molecule has 0 aliphatic heterocycles. The molecule has 0 aliphatic carbocycles. The zero-order chi connectivity index (χ0) is 15.4. The van der Waals surface area contributed by atoms with E-state index in [1.165, 1.54) is 12.1 Å². The van der Waals surface area contributed by atoms with E-state index in [1.807, 2.05) is 0 Å². The normalized spacial score (nSPS) is 10.3. The number of benzene rings is 2. The van der Waals surface area contributed by atoms with Gasteiger partial charge in [-0.2, -0.15) is 0 Å². The van der Waals surface area contributed by atoms with Gasteiger partial charge in [0.05, 0.1) is 15.7 Å². The van der Waals surface area contributed by atoms with Crippen LogP contribution >= 0.6 is 39.1 Å². The number of ether oxygens (including phenoxy) is 1. The molecular weight excluding hydrogens is 384 g/mol. The molecule has 0 radical (unpaired) electrons. The maximum Gasteiger partial charge on any atom is 0.262 e. The maximum absolute atomic E-state index is 13.6. The first-order valence-electron chi connectivity index (χ1n) is 5.79. The van der Waals surface area contributed by atoms with Gasteiger partial charge in [-0.15, -0.1) is 0 Å². The van der Waals surface area contributed by atoms with Crippen molar-refractivity contribution in [3.8, 4) is 5.75 Å². The zero-order valence-electron chi connectivity index (χ0n) is 10.5. The summed E-state index contributed by atoms with van der Waals surface area (Å²) in [6.07, 6.45) is 0. The van der Waals surface area contributed by atoms with E-state index in [2.05, 4.69) is 21.2 Å². The molecule has 3 nitrogen and oxygen atoms in total. The molecule has 0 aromatic heterocycles. The highest BCUT2D eigenvalue weighted by Crippen LogP contribution is 2.32. The Labute approximate surface area is 139 Å². The first-order chi connectivity index (χ1) is 9.97. The van der Waals surface area contributed by atoms with Crippen molar-refractivity contribution in [2.45, 2.75) is 0 Å². The largest absolute Gasteiger partial charge is 0.481 e. The van der Waals surface area contributed by atoms with Crippen molar-refractivity contribution in [2.75, 3.05) is 11.9 Å². The highest BCUT2D eigenvalue weighted by molar-refractivity contribution is 9.10. The lowest BCUT2D eigenvalue weighted by atomic mass is 10.3. The lowest BCUT2D eigenvalue weighted by Crippen LogP contribution is -2.21. The summed E-state index contributed by atoms with van der Waals surface area (Å²) < 4.78 is 19.4. The van der Waals surface area contributed by atoms with Gasteiger partial charge in [-0.05, 0) is 30.3 Å². The van der Waals surface area contributed by atoms with Crippen LogP contribution in [0.4, 0.5) is 10.1 Å². The van der Waals surface area contributed by atoms with Gasteiger partial charge in [0.2, 0.25) is 0 Å². The van der Waals surface area contributed by atoms with Gasteiger partial charge in [0.15, 0.2) is 12.4 Å². The number of para-hydroxylation sites is 1. The number of amides is 1. The quantitative estimate of drug-likeness (QED) is 0.802. The Morgan fingerprint density at radius 1 is 1.24 bits per heavy atom. The summed E-state index contributed by atoms with van der Waals surface area (Å²) in [7, 11) is 0. The molecule has 110 valence electrons. The van der Waals surface area contributed by atoms with Gasteiger partial charge >= 0.3 is 0 Å². The molecule has 0 bridgehead atoms. The van der Waals surface area contributed by atoms with E-state index in [0.717, 1.165) is 0 Å². The smallest absolute Gasteiger partial charge is 0.262 e. The summed E-state index contributed by atoms with van der Waals surface area (Å²) in [5, 5.41) is 2.99. The average Bonchev–Trinajstić information content (AvgIpc) is 2.41. The fourth-order valence-corrected chi connectivity index (χ4v) is 2.37. The minimum atomic E-state index is -0.548. The molecule has 0 heterocycles.